The van der Waals surface area contributed by atoms with Crippen molar-refractivity contribution >= 4 is 0 Å². The summed E-state index contributed by atoms with van der Waals surface area (Å²) in [7, 11) is 0. The lowest BCUT2D eigenvalue weighted by atomic mass is 10.1. The number of rotatable bonds is 7. The summed E-state index contributed by atoms with van der Waals surface area (Å²) in [5.41, 5.74) is 0.764. The van der Waals surface area contributed by atoms with Gasteiger partial charge in [0, 0.05) is 18.2 Å². The first kappa shape index (κ1) is 13.2. The van der Waals surface area contributed by atoms with Crippen LogP contribution in [0.2, 0.25) is 0 Å². The molecule has 0 atom stereocenters. The second-order valence-corrected chi connectivity index (χ2v) is 4.25. The van der Waals surface area contributed by atoms with Crippen molar-refractivity contribution in [1.82, 2.24) is 5.32 Å². The van der Waals surface area contributed by atoms with Crippen LogP contribution in [-0.2, 0) is 6.54 Å². The Balaban J connectivity index is 2.45. The van der Waals surface area contributed by atoms with E-state index >= 15 is 0 Å². The van der Waals surface area contributed by atoms with Crippen LogP contribution < -0.4 is 5.32 Å². The van der Waals surface area contributed by atoms with E-state index in [0.29, 0.717) is 12.6 Å². The summed E-state index contributed by atoms with van der Waals surface area (Å²) in [6.07, 6.45) is 4.69. The Labute approximate surface area is 98.1 Å². The number of hydrogen-bond acceptors (Lipinski definition) is 1. The Morgan fingerprint density at radius 1 is 1.12 bits per heavy atom. The highest BCUT2D eigenvalue weighted by Crippen LogP contribution is 2.09. The monoisotopic (exact) mass is 223 g/mol. The molecule has 90 valence electrons. The fourth-order valence-electron chi connectivity index (χ4n) is 1.94. The Bertz CT molecular complexity index is 293. The molecule has 2 heteroatoms. The van der Waals surface area contributed by atoms with Gasteiger partial charge in [-0.25, -0.2) is 4.39 Å². The third-order valence-corrected chi connectivity index (χ3v) is 2.81. The molecule has 0 spiro atoms. The van der Waals surface area contributed by atoms with E-state index in [9.17, 15) is 4.39 Å². The van der Waals surface area contributed by atoms with Crippen molar-refractivity contribution in [3.63, 3.8) is 0 Å². The molecule has 0 unspecified atom stereocenters. The molecule has 1 N–H and O–H groups in total. The molecular weight excluding hydrogens is 201 g/mol. The van der Waals surface area contributed by atoms with Gasteiger partial charge >= 0.3 is 0 Å². The standard InChI is InChI=1S/C14H22FN/c1-3-7-13(8-4-2)16-11-12-9-5-6-10-14(12)15/h5-6,9-10,13,16H,3-4,7-8,11H2,1-2H3. The van der Waals surface area contributed by atoms with Gasteiger partial charge < -0.3 is 5.32 Å². The summed E-state index contributed by atoms with van der Waals surface area (Å²) in [5.74, 6) is -0.109. The van der Waals surface area contributed by atoms with Crippen molar-refractivity contribution < 1.29 is 4.39 Å². The lowest BCUT2D eigenvalue weighted by Crippen LogP contribution is -2.28. The summed E-state index contributed by atoms with van der Waals surface area (Å²) >= 11 is 0. The van der Waals surface area contributed by atoms with E-state index in [4.69, 9.17) is 0 Å². The second-order valence-electron chi connectivity index (χ2n) is 4.25. The van der Waals surface area contributed by atoms with Crippen LogP contribution in [0.4, 0.5) is 4.39 Å². The second kappa shape index (κ2) is 7.39. The predicted molar refractivity (Wildman–Crippen MR) is 66.8 cm³/mol. The molecule has 0 heterocycles. The van der Waals surface area contributed by atoms with Crippen LogP contribution in [0.1, 0.15) is 45.1 Å². The van der Waals surface area contributed by atoms with Crippen molar-refractivity contribution in [3.8, 4) is 0 Å². The summed E-state index contributed by atoms with van der Waals surface area (Å²) in [6, 6.07) is 7.50. The van der Waals surface area contributed by atoms with Crippen molar-refractivity contribution in [1.29, 1.82) is 0 Å². The number of halogens is 1. The van der Waals surface area contributed by atoms with Crippen LogP contribution in [0, 0.1) is 5.82 Å². The zero-order valence-electron chi connectivity index (χ0n) is 10.3. The minimum Gasteiger partial charge on any atom is -0.310 e. The smallest absolute Gasteiger partial charge is 0.127 e. The summed E-state index contributed by atoms with van der Waals surface area (Å²) in [4.78, 5) is 0. The molecule has 0 aliphatic carbocycles. The fourth-order valence-corrected chi connectivity index (χ4v) is 1.94. The zero-order valence-corrected chi connectivity index (χ0v) is 10.3. The molecule has 0 saturated carbocycles. The maximum atomic E-state index is 13.4. The van der Waals surface area contributed by atoms with Gasteiger partial charge in [-0.3, -0.25) is 0 Å². The molecule has 1 aromatic rings. The molecule has 0 saturated heterocycles. The molecule has 0 amide bonds. The van der Waals surface area contributed by atoms with Crippen LogP contribution in [0.15, 0.2) is 24.3 Å². The highest BCUT2D eigenvalue weighted by molar-refractivity contribution is 5.16. The lowest BCUT2D eigenvalue weighted by Gasteiger charge is -2.17. The van der Waals surface area contributed by atoms with Crippen LogP contribution in [0.5, 0.6) is 0 Å². The van der Waals surface area contributed by atoms with Crippen molar-refractivity contribution in [2.75, 3.05) is 0 Å². The average Bonchev–Trinajstić information content (AvgIpc) is 2.28. The van der Waals surface area contributed by atoms with Gasteiger partial charge in [0.05, 0.1) is 0 Å². The molecule has 0 aliphatic rings. The Kier molecular flexibility index (Phi) is 6.09. The number of hydrogen-bond donors (Lipinski definition) is 1. The van der Waals surface area contributed by atoms with E-state index in [0.717, 1.165) is 5.56 Å². The molecular formula is C14H22FN. The van der Waals surface area contributed by atoms with Crippen molar-refractivity contribution in [2.45, 2.75) is 52.1 Å². The minimum atomic E-state index is -0.109. The van der Waals surface area contributed by atoms with Crippen molar-refractivity contribution in [2.24, 2.45) is 0 Å². The van der Waals surface area contributed by atoms with Gasteiger partial charge in [0.25, 0.3) is 0 Å². The number of benzene rings is 1. The van der Waals surface area contributed by atoms with Gasteiger partial charge in [0.2, 0.25) is 0 Å². The van der Waals surface area contributed by atoms with Gasteiger partial charge in [-0.1, -0.05) is 44.9 Å². The van der Waals surface area contributed by atoms with E-state index in [-0.39, 0.29) is 5.82 Å². The highest BCUT2D eigenvalue weighted by atomic mass is 19.1. The molecule has 0 bridgehead atoms. The fraction of sp³-hybridized carbons (Fsp3) is 0.571. The summed E-state index contributed by atoms with van der Waals surface area (Å²) < 4.78 is 13.4. The SMILES string of the molecule is CCCC(CCC)NCc1ccccc1F. The van der Waals surface area contributed by atoms with E-state index in [1.165, 1.54) is 31.7 Å². The van der Waals surface area contributed by atoms with Crippen LogP contribution in [-0.4, -0.2) is 6.04 Å². The Morgan fingerprint density at radius 2 is 1.75 bits per heavy atom. The minimum absolute atomic E-state index is 0.109. The maximum Gasteiger partial charge on any atom is 0.127 e. The third-order valence-electron chi connectivity index (χ3n) is 2.81. The molecule has 0 aliphatic heterocycles. The molecule has 0 aromatic heterocycles. The molecule has 0 fully saturated rings. The Morgan fingerprint density at radius 3 is 2.31 bits per heavy atom. The van der Waals surface area contributed by atoms with Gasteiger partial charge in [-0.15, -0.1) is 0 Å². The zero-order chi connectivity index (χ0) is 11.8. The summed E-state index contributed by atoms with van der Waals surface area (Å²) in [6.45, 7) is 5.01. The van der Waals surface area contributed by atoms with E-state index in [1.54, 1.807) is 6.07 Å². The first-order valence-corrected chi connectivity index (χ1v) is 6.24. The predicted octanol–water partition coefficient (Wildman–Crippen LogP) is 3.88. The van der Waals surface area contributed by atoms with Crippen LogP contribution in [0.3, 0.4) is 0 Å². The first-order valence-electron chi connectivity index (χ1n) is 6.24. The van der Waals surface area contributed by atoms with Crippen molar-refractivity contribution in [3.05, 3.63) is 35.6 Å². The Hall–Kier alpha value is -0.890. The van der Waals surface area contributed by atoms with Gasteiger partial charge in [-0.2, -0.15) is 0 Å². The first-order chi connectivity index (χ1) is 7.77. The van der Waals surface area contributed by atoms with Crippen LogP contribution in [0.25, 0.3) is 0 Å². The molecule has 16 heavy (non-hydrogen) atoms. The van der Waals surface area contributed by atoms with E-state index in [1.807, 2.05) is 12.1 Å². The van der Waals surface area contributed by atoms with Gasteiger partial charge in [0.15, 0.2) is 0 Å². The topological polar surface area (TPSA) is 12.0 Å². The normalized spacial score (nSPS) is 11.0. The van der Waals surface area contributed by atoms with Gasteiger partial charge in [0.1, 0.15) is 5.82 Å². The molecule has 1 rings (SSSR count). The van der Waals surface area contributed by atoms with Crippen LogP contribution >= 0.6 is 0 Å². The third kappa shape index (κ3) is 4.31. The highest BCUT2D eigenvalue weighted by Gasteiger charge is 2.07. The van der Waals surface area contributed by atoms with Gasteiger partial charge in [-0.05, 0) is 18.9 Å². The largest absolute Gasteiger partial charge is 0.310 e. The molecule has 1 nitrogen and oxygen atoms in total. The summed E-state index contributed by atoms with van der Waals surface area (Å²) in [5, 5.41) is 3.44. The van der Waals surface area contributed by atoms with E-state index < -0.39 is 0 Å². The molecule has 0 radical (unpaired) electrons. The lowest BCUT2D eigenvalue weighted by molar-refractivity contribution is 0.438. The quantitative estimate of drug-likeness (QED) is 0.739. The maximum absolute atomic E-state index is 13.4. The average molecular weight is 223 g/mol. The van der Waals surface area contributed by atoms with E-state index in [2.05, 4.69) is 19.2 Å². The molecule has 1 aromatic carbocycles. The number of nitrogens with one attached hydrogen (secondary N) is 1.